The summed E-state index contributed by atoms with van der Waals surface area (Å²) >= 11 is 0. The van der Waals surface area contributed by atoms with Crippen LogP contribution in [0.5, 0.6) is 11.5 Å². The van der Waals surface area contributed by atoms with E-state index in [1.807, 2.05) is 6.07 Å². The lowest BCUT2D eigenvalue weighted by atomic mass is 10.1. The minimum Gasteiger partial charge on any atom is -0.497 e. The smallest absolute Gasteiger partial charge is 0.123 e. The Kier molecular flexibility index (Phi) is 2.62. The minimum absolute atomic E-state index is 0.451. The molecule has 76 valence electrons. The summed E-state index contributed by atoms with van der Waals surface area (Å²) in [5.41, 5.74) is 1.26. The quantitative estimate of drug-likeness (QED) is 0.730. The molecule has 0 radical (unpaired) electrons. The fourth-order valence-electron chi connectivity index (χ4n) is 1.40. The van der Waals surface area contributed by atoms with Crippen molar-refractivity contribution in [3.05, 3.63) is 23.8 Å². The van der Waals surface area contributed by atoms with Crippen LogP contribution in [0.3, 0.4) is 0 Å². The fraction of sp³-hybridized carbons (Fsp3) is 0.500. The van der Waals surface area contributed by atoms with Crippen molar-refractivity contribution in [1.29, 1.82) is 0 Å². The standard InChI is InChI=1S/C12H16O2/c1-3-9-6-11(13-2)8-12(7-9)14-10-4-5-10/h6-8,10H,3-5H2,1-2H3. The van der Waals surface area contributed by atoms with Gasteiger partial charge in [0.05, 0.1) is 13.2 Å². The number of ether oxygens (including phenoxy) is 2. The van der Waals surface area contributed by atoms with Gasteiger partial charge in [0.15, 0.2) is 0 Å². The van der Waals surface area contributed by atoms with Crippen molar-refractivity contribution in [2.24, 2.45) is 0 Å². The molecule has 0 atom stereocenters. The first-order valence-corrected chi connectivity index (χ1v) is 5.16. The van der Waals surface area contributed by atoms with Crippen LogP contribution in [-0.2, 0) is 6.42 Å². The van der Waals surface area contributed by atoms with E-state index in [1.54, 1.807) is 7.11 Å². The molecule has 0 bridgehead atoms. The first-order valence-electron chi connectivity index (χ1n) is 5.16. The molecule has 0 saturated heterocycles. The number of rotatable bonds is 4. The van der Waals surface area contributed by atoms with Crippen molar-refractivity contribution in [2.45, 2.75) is 32.3 Å². The molecular weight excluding hydrogens is 176 g/mol. The number of hydrogen-bond donors (Lipinski definition) is 0. The predicted octanol–water partition coefficient (Wildman–Crippen LogP) is 2.80. The zero-order chi connectivity index (χ0) is 9.97. The zero-order valence-electron chi connectivity index (χ0n) is 8.75. The SMILES string of the molecule is CCc1cc(OC)cc(OC2CC2)c1. The molecule has 1 aromatic carbocycles. The fourth-order valence-corrected chi connectivity index (χ4v) is 1.40. The average molecular weight is 192 g/mol. The van der Waals surface area contributed by atoms with Gasteiger partial charge in [0.2, 0.25) is 0 Å². The zero-order valence-corrected chi connectivity index (χ0v) is 8.75. The van der Waals surface area contributed by atoms with Gasteiger partial charge in [-0.25, -0.2) is 0 Å². The molecule has 2 nitrogen and oxygen atoms in total. The highest BCUT2D eigenvalue weighted by Crippen LogP contribution is 2.30. The first kappa shape index (κ1) is 9.38. The molecule has 0 spiro atoms. The van der Waals surface area contributed by atoms with E-state index in [2.05, 4.69) is 19.1 Å². The van der Waals surface area contributed by atoms with Gasteiger partial charge in [-0.1, -0.05) is 6.92 Å². The van der Waals surface area contributed by atoms with E-state index in [9.17, 15) is 0 Å². The summed E-state index contributed by atoms with van der Waals surface area (Å²) in [4.78, 5) is 0. The lowest BCUT2D eigenvalue weighted by Gasteiger charge is -2.08. The Morgan fingerprint density at radius 1 is 1.21 bits per heavy atom. The molecule has 0 heterocycles. The molecule has 0 amide bonds. The molecular formula is C12H16O2. The van der Waals surface area contributed by atoms with Gasteiger partial charge in [-0.2, -0.15) is 0 Å². The van der Waals surface area contributed by atoms with Crippen molar-refractivity contribution >= 4 is 0 Å². The van der Waals surface area contributed by atoms with E-state index in [0.717, 1.165) is 17.9 Å². The second-order valence-electron chi connectivity index (χ2n) is 3.69. The minimum atomic E-state index is 0.451. The predicted molar refractivity (Wildman–Crippen MR) is 56.0 cm³/mol. The monoisotopic (exact) mass is 192 g/mol. The van der Waals surface area contributed by atoms with E-state index in [4.69, 9.17) is 9.47 Å². The number of hydrogen-bond acceptors (Lipinski definition) is 2. The highest BCUT2D eigenvalue weighted by atomic mass is 16.5. The largest absolute Gasteiger partial charge is 0.497 e. The molecule has 0 aliphatic heterocycles. The second-order valence-corrected chi connectivity index (χ2v) is 3.69. The number of benzene rings is 1. The van der Waals surface area contributed by atoms with Crippen molar-refractivity contribution in [3.8, 4) is 11.5 Å². The Balaban J connectivity index is 2.19. The summed E-state index contributed by atoms with van der Waals surface area (Å²) in [5.74, 6) is 1.84. The third-order valence-corrected chi connectivity index (χ3v) is 2.41. The molecule has 14 heavy (non-hydrogen) atoms. The molecule has 1 fully saturated rings. The molecule has 0 aromatic heterocycles. The Labute approximate surface area is 84.8 Å². The molecule has 0 unspecified atom stereocenters. The third kappa shape index (κ3) is 2.19. The van der Waals surface area contributed by atoms with E-state index >= 15 is 0 Å². The lowest BCUT2D eigenvalue weighted by Crippen LogP contribution is -1.97. The van der Waals surface area contributed by atoms with Crippen molar-refractivity contribution in [3.63, 3.8) is 0 Å². The number of methoxy groups -OCH3 is 1. The van der Waals surface area contributed by atoms with Gasteiger partial charge in [-0.05, 0) is 37.0 Å². The summed E-state index contributed by atoms with van der Waals surface area (Å²) in [7, 11) is 1.69. The topological polar surface area (TPSA) is 18.5 Å². The van der Waals surface area contributed by atoms with E-state index in [0.29, 0.717) is 6.10 Å². The maximum absolute atomic E-state index is 5.73. The van der Waals surface area contributed by atoms with E-state index < -0.39 is 0 Å². The summed E-state index contributed by atoms with van der Waals surface area (Å²) in [6, 6.07) is 6.11. The molecule has 2 heteroatoms. The van der Waals surface area contributed by atoms with Gasteiger partial charge in [0.25, 0.3) is 0 Å². The normalized spacial score (nSPS) is 15.3. The van der Waals surface area contributed by atoms with Crippen LogP contribution in [0.1, 0.15) is 25.3 Å². The molecule has 1 aliphatic carbocycles. The highest BCUT2D eigenvalue weighted by molar-refractivity contribution is 5.38. The van der Waals surface area contributed by atoms with Gasteiger partial charge in [0.1, 0.15) is 11.5 Å². The van der Waals surface area contributed by atoms with Crippen molar-refractivity contribution < 1.29 is 9.47 Å². The van der Waals surface area contributed by atoms with Crippen LogP contribution < -0.4 is 9.47 Å². The van der Waals surface area contributed by atoms with Gasteiger partial charge in [-0.15, -0.1) is 0 Å². The summed E-state index contributed by atoms with van der Waals surface area (Å²) in [6.45, 7) is 2.13. The highest BCUT2D eigenvalue weighted by Gasteiger charge is 2.23. The molecule has 1 aliphatic rings. The third-order valence-electron chi connectivity index (χ3n) is 2.41. The van der Waals surface area contributed by atoms with Crippen molar-refractivity contribution in [2.75, 3.05) is 7.11 Å². The summed E-state index contributed by atoms with van der Waals surface area (Å²) in [6.07, 6.45) is 3.85. The first-order chi connectivity index (χ1) is 6.81. The van der Waals surface area contributed by atoms with Gasteiger partial charge < -0.3 is 9.47 Å². The van der Waals surface area contributed by atoms with E-state index in [1.165, 1.54) is 18.4 Å². The van der Waals surface area contributed by atoms with Crippen molar-refractivity contribution in [1.82, 2.24) is 0 Å². The maximum Gasteiger partial charge on any atom is 0.123 e. The maximum atomic E-state index is 5.73. The Hall–Kier alpha value is -1.18. The van der Waals surface area contributed by atoms with Crippen LogP contribution in [-0.4, -0.2) is 13.2 Å². The Morgan fingerprint density at radius 3 is 2.50 bits per heavy atom. The summed E-state index contributed by atoms with van der Waals surface area (Å²) in [5, 5.41) is 0. The lowest BCUT2D eigenvalue weighted by molar-refractivity contribution is 0.300. The van der Waals surface area contributed by atoms with Crippen LogP contribution in [0.2, 0.25) is 0 Å². The second kappa shape index (κ2) is 3.91. The van der Waals surface area contributed by atoms with Crippen LogP contribution in [0.15, 0.2) is 18.2 Å². The van der Waals surface area contributed by atoms with E-state index in [-0.39, 0.29) is 0 Å². The average Bonchev–Trinajstić information content (AvgIpc) is 3.01. The van der Waals surface area contributed by atoms with Crippen LogP contribution >= 0.6 is 0 Å². The summed E-state index contributed by atoms with van der Waals surface area (Å²) < 4.78 is 10.9. The van der Waals surface area contributed by atoms with Gasteiger partial charge in [0, 0.05) is 6.07 Å². The molecule has 1 saturated carbocycles. The Bertz CT molecular complexity index is 294. The van der Waals surface area contributed by atoms with Crippen LogP contribution in [0.4, 0.5) is 0 Å². The number of aryl methyl sites for hydroxylation is 1. The van der Waals surface area contributed by atoms with Gasteiger partial charge >= 0.3 is 0 Å². The van der Waals surface area contributed by atoms with Crippen LogP contribution in [0.25, 0.3) is 0 Å². The molecule has 2 rings (SSSR count). The molecule has 0 N–H and O–H groups in total. The van der Waals surface area contributed by atoms with Gasteiger partial charge in [-0.3, -0.25) is 0 Å². The van der Waals surface area contributed by atoms with Crippen LogP contribution in [0, 0.1) is 0 Å². The Morgan fingerprint density at radius 2 is 1.93 bits per heavy atom. The molecule has 1 aromatic rings.